The largest absolute Gasteiger partial charge is 0.463 e. The molecule has 1 aromatic rings. The third-order valence-electron chi connectivity index (χ3n) is 3.53. The Morgan fingerprint density at radius 2 is 2.12 bits per heavy atom. The quantitative estimate of drug-likeness (QED) is 0.494. The van der Waals surface area contributed by atoms with E-state index in [2.05, 4.69) is 16.8 Å². The van der Waals surface area contributed by atoms with E-state index < -0.39 is 48.2 Å². The molecule has 0 spiro atoms. The molecule has 3 atom stereocenters. The van der Waals surface area contributed by atoms with E-state index in [0.29, 0.717) is 0 Å². The number of aliphatic hydroxyl groups is 1. The van der Waals surface area contributed by atoms with Crippen LogP contribution >= 0.6 is 0 Å². The van der Waals surface area contributed by atoms with E-state index in [0.717, 1.165) is 4.57 Å². The molecule has 0 radical (unpaired) electrons. The van der Waals surface area contributed by atoms with E-state index in [1.54, 1.807) is 0 Å². The molecule has 2 rings (SSSR count). The van der Waals surface area contributed by atoms with Gasteiger partial charge in [-0.1, -0.05) is 11.8 Å². The van der Waals surface area contributed by atoms with Gasteiger partial charge in [0.05, 0.1) is 0 Å². The Morgan fingerprint density at radius 3 is 2.73 bits per heavy atom. The molecule has 10 nitrogen and oxygen atoms in total. The molecule has 1 saturated heterocycles. The zero-order valence-electron chi connectivity index (χ0n) is 14.2. The van der Waals surface area contributed by atoms with Crippen molar-refractivity contribution < 1.29 is 28.9 Å². The maximum atomic E-state index is 12.1. The number of rotatable bonds is 4. The molecule has 1 aliphatic heterocycles. The Hall–Kier alpha value is -2.90. The van der Waals surface area contributed by atoms with Crippen LogP contribution in [0.2, 0.25) is 0 Å². The third kappa shape index (κ3) is 4.81. The van der Waals surface area contributed by atoms with Crippen molar-refractivity contribution in [1.82, 2.24) is 9.55 Å². The number of nitrogens with zero attached hydrogens (tertiary/aromatic N) is 1. The van der Waals surface area contributed by atoms with Crippen molar-refractivity contribution in [1.29, 1.82) is 0 Å². The SMILES string of the molecule is CC(=O)OC[C@H]1O[C@@H](n2cc(C#CCO)c(=O)[nH]c2=O)C[C@@H]1OC(C)=O. The highest BCUT2D eigenvalue weighted by Crippen LogP contribution is 2.30. The monoisotopic (exact) mass is 366 g/mol. The van der Waals surface area contributed by atoms with Crippen LogP contribution in [-0.2, 0) is 23.8 Å². The van der Waals surface area contributed by atoms with E-state index in [-0.39, 0.29) is 18.6 Å². The van der Waals surface area contributed by atoms with Gasteiger partial charge in [-0.15, -0.1) is 0 Å². The van der Waals surface area contributed by atoms with Crippen molar-refractivity contribution >= 4 is 11.9 Å². The number of esters is 2. The summed E-state index contributed by atoms with van der Waals surface area (Å²) >= 11 is 0. The van der Waals surface area contributed by atoms with Crippen molar-refractivity contribution in [2.75, 3.05) is 13.2 Å². The maximum Gasteiger partial charge on any atom is 0.330 e. The Morgan fingerprint density at radius 1 is 1.38 bits per heavy atom. The van der Waals surface area contributed by atoms with Crippen LogP contribution in [0.1, 0.15) is 32.1 Å². The summed E-state index contributed by atoms with van der Waals surface area (Å²) in [6, 6.07) is 0. The molecule has 1 aromatic heterocycles. The van der Waals surface area contributed by atoms with Crippen LogP contribution < -0.4 is 11.2 Å². The molecule has 2 heterocycles. The lowest BCUT2D eigenvalue weighted by atomic mass is 10.2. The number of aliphatic hydroxyl groups excluding tert-OH is 1. The summed E-state index contributed by atoms with van der Waals surface area (Å²) in [5, 5.41) is 8.74. The van der Waals surface area contributed by atoms with Gasteiger partial charge >= 0.3 is 17.6 Å². The van der Waals surface area contributed by atoms with Gasteiger partial charge in [-0.2, -0.15) is 0 Å². The third-order valence-corrected chi connectivity index (χ3v) is 3.53. The summed E-state index contributed by atoms with van der Waals surface area (Å²) in [4.78, 5) is 48.2. The van der Waals surface area contributed by atoms with E-state index >= 15 is 0 Å². The molecule has 0 saturated carbocycles. The van der Waals surface area contributed by atoms with Crippen molar-refractivity contribution in [3.05, 3.63) is 32.6 Å². The minimum atomic E-state index is -0.862. The number of hydrogen-bond acceptors (Lipinski definition) is 8. The molecular weight excluding hydrogens is 348 g/mol. The Bertz CT molecular complexity index is 859. The fourth-order valence-electron chi connectivity index (χ4n) is 2.48. The summed E-state index contributed by atoms with van der Waals surface area (Å²) in [6.45, 7) is 1.85. The zero-order valence-corrected chi connectivity index (χ0v) is 14.2. The fourth-order valence-corrected chi connectivity index (χ4v) is 2.48. The van der Waals surface area contributed by atoms with Gasteiger partial charge in [0, 0.05) is 26.5 Å². The highest BCUT2D eigenvalue weighted by atomic mass is 16.6. The first-order valence-corrected chi connectivity index (χ1v) is 7.73. The van der Waals surface area contributed by atoms with Crippen molar-refractivity contribution in [2.45, 2.75) is 38.7 Å². The van der Waals surface area contributed by atoms with Crippen molar-refractivity contribution in [3.63, 3.8) is 0 Å². The molecule has 26 heavy (non-hydrogen) atoms. The number of aromatic nitrogens is 2. The highest BCUT2D eigenvalue weighted by molar-refractivity contribution is 5.66. The summed E-state index contributed by atoms with van der Waals surface area (Å²) in [6.07, 6.45) is -1.04. The summed E-state index contributed by atoms with van der Waals surface area (Å²) in [5.41, 5.74) is -1.46. The van der Waals surface area contributed by atoms with E-state index in [9.17, 15) is 19.2 Å². The smallest absolute Gasteiger partial charge is 0.330 e. The van der Waals surface area contributed by atoms with Gasteiger partial charge in [-0.3, -0.25) is 23.9 Å². The van der Waals surface area contributed by atoms with Crippen LogP contribution in [-0.4, -0.2) is 52.0 Å². The molecule has 140 valence electrons. The summed E-state index contributed by atoms with van der Waals surface area (Å²) in [7, 11) is 0. The van der Waals surface area contributed by atoms with Crippen LogP contribution in [0.4, 0.5) is 0 Å². The summed E-state index contributed by atoms with van der Waals surface area (Å²) in [5.74, 6) is 3.68. The number of carbonyl (C=O) groups excluding carboxylic acids is 2. The van der Waals surface area contributed by atoms with Crippen molar-refractivity contribution in [2.24, 2.45) is 0 Å². The van der Waals surface area contributed by atoms with Crippen LogP contribution in [0.25, 0.3) is 0 Å². The van der Waals surface area contributed by atoms with Gasteiger partial charge in [-0.05, 0) is 0 Å². The van der Waals surface area contributed by atoms with Gasteiger partial charge < -0.3 is 19.3 Å². The van der Waals surface area contributed by atoms with Crippen LogP contribution in [0.3, 0.4) is 0 Å². The van der Waals surface area contributed by atoms with Gasteiger partial charge in [0.1, 0.15) is 37.2 Å². The zero-order chi connectivity index (χ0) is 19.3. The maximum absolute atomic E-state index is 12.1. The average molecular weight is 366 g/mol. The standard InChI is InChI=1S/C16H18N2O8/c1-9(20)24-8-13-12(25-10(2)21)6-14(26-13)18-7-11(4-3-5-19)15(22)17-16(18)23/h7,12-14,19H,5-6,8H2,1-2H3,(H,17,22,23)/t12-,13+,14+/m0/s1. The molecule has 1 aliphatic rings. The highest BCUT2D eigenvalue weighted by Gasteiger charge is 2.39. The molecule has 1 fully saturated rings. The second-order valence-corrected chi connectivity index (χ2v) is 5.48. The van der Waals surface area contributed by atoms with Gasteiger partial charge in [0.25, 0.3) is 5.56 Å². The average Bonchev–Trinajstić information content (AvgIpc) is 2.94. The molecule has 0 bridgehead atoms. The molecule has 2 N–H and O–H groups in total. The predicted octanol–water partition coefficient (Wildman–Crippen LogP) is -1.34. The Kier molecular flexibility index (Phi) is 6.32. The first-order chi connectivity index (χ1) is 12.3. The van der Waals surface area contributed by atoms with Gasteiger partial charge in [0.2, 0.25) is 0 Å². The van der Waals surface area contributed by atoms with Crippen LogP contribution in [0.5, 0.6) is 0 Å². The van der Waals surface area contributed by atoms with E-state index in [1.165, 1.54) is 20.0 Å². The molecule has 10 heteroatoms. The van der Waals surface area contributed by atoms with Crippen molar-refractivity contribution in [3.8, 4) is 11.8 Å². The normalized spacial score (nSPS) is 21.6. The van der Waals surface area contributed by atoms with Gasteiger partial charge in [0.15, 0.2) is 0 Å². The molecule has 0 aromatic carbocycles. The number of ether oxygens (including phenoxy) is 3. The second kappa shape index (κ2) is 8.46. The molecule has 0 unspecified atom stereocenters. The van der Waals surface area contributed by atoms with Crippen LogP contribution in [0.15, 0.2) is 15.8 Å². The first-order valence-electron chi connectivity index (χ1n) is 7.73. The fraction of sp³-hybridized carbons (Fsp3) is 0.500. The lowest BCUT2D eigenvalue weighted by molar-refractivity contribution is -0.155. The molecule has 0 amide bonds. The number of aromatic amines is 1. The minimum Gasteiger partial charge on any atom is -0.463 e. The number of hydrogen-bond donors (Lipinski definition) is 2. The van der Waals surface area contributed by atoms with E-state index in [4.69, 9.17) is 19.3 Å². The Balaban J connectivity index is 2.30. The first kappa shape index (κ1) is 19.4. The molecule has 0 aliphatic carbocycles. The topological polar surface area (TPSA) is 137 Å². The van der Waals surface area contributed by atoms with Gasteiger partial charge in [-0.25, -0.2) is 4.79 Å². The predicted molar refractivity (Wildman–Crippen MR) is 86.0 cm³/mol. The lowest BCUT2D eigenvalue weighted by Gasteiger charge is -2.17. The number of nitrogens with one attached hydrogen (secondary N) is 1. The minimum absolute atomic E-state index is 0.0327. The second-order valence-electron chi connectivity index (χ2n) is 5.48. The van der Waals surface area contributed by atoms with Crippen LogP contribution in [0, 0.1) is 11.8 Å². The number of carbonyl (C=O) groups is 2. The Labute approximate surface area is 147 Å². The summed E-state index contributed by atoms with van der Waals surface area (Å²) < 4.78 is 16.8. The number of H-pyrrole nitrogens is 1. The molecular formula is C16H18N2O8. The van der Waals surface area contributed by atoms with E-state index in [1.807, 2.05) is 0 Å². The lowest BCUT2D eigenvalue weighted by Crippen LogP contribution is -2.34.